The fraction of sp³-hybridized carbons (Fsp3) is 0.400. The zero-order valence-corrected chi connectivity index (χ0v) is 9.63. The number of carboxylic acids is 1. The summed E-state index contributed by atoms with van der Waals surface area (Å²) in [6, 6.07) is 0. The lowest BCUT2D eigenvalue weighted by Crippen LogP contribution is -2.00. The van der Waals surface area contributed by atoms with E-state index in [1.807, 2.05) is 17.5 Å². The molecule has 0 spiro atoms. The smallest absolute Gasteiger partial charge is 0.347 e. The van der Waals surface area contributed by atoms with Gasteiger partial charge in [-0.25, -0.2) is 9.78 Å². The third-order valence-electron chi connectivity index (χ3n) is 2.40. The van der Waals surface area contributed by atoms with Gasteiger partial charge in [0.05, 0.1) is 6.20 Å². The lowest BCUT2D eigenvalue weighted by Gasteiger charge is -2.03. The lowest BCUT2D eigenvalue weighted by molar-refractivity contribution is 0.0701. The second-order valence-electron chi connectivity index (χ2n) is 3.78. The van der Waals surface area contributed by atoms with E-state index < -0.39 is 5.97 Å². The zero-order chi connectivity index (χ0) is 11.2. The van der Waals surface area contributed by atoms with Crippen LogP contribution in [-0.4, -0.2) is 20.5 Å². The van der Waals surface area contributed by atoms with Crippen molar-refractivity contribution >= 4 is 22.3 Å². The molecule has 0 aliphatic rings. The summed E-state index contributed by atoms with van der Waals surface area (Å²) in [6.07, 6.45) is 1.81. The number of nitrogens with zero attached hydrogens (tertiary/aromatic N) is 2. The average molecular weight is 224 g/mol. The van der Waals surface area contributed by atoms with Crippen molar-refractivity contribution in [2.45, 2.75) is 26.7 Å². The van der Waals surface area contributed by atoms with Gasteiger partial charge in [-0.3, -0.25) is 4.40 Å². The van der Waals surface area contributed by atoms with Gasteiger partial charge in [0, 0.05) is 11.4 Å². The molecular formula is C10H12N2O2S. The van der Waals surface area contributed by atoms with Crippen molar-refractivity contribution in [2.75, 3.05) is 0 Å². The van der Waals surface area contributed by atoms with Gasteiger partial charge in [0.25, 0.3) is 0 Å². The van der Waals surface area contributed by atoms with Crippen LogP contribution >= 0.6 is 11.3 Å². The number of hydrogen-bond acceptors (Lipinski definition) is 3. The molecule has 4 nitrogen and oxygen atoms in total. The topological polar surface area (TPSA) is 54.6 Å². The van der Waals surface area contributed by atoms with Crippen molar-refractivity contribution in [3.8, 4) is 0 Å². The maximum Gasteiger partial charge on any atom is 0.347 e. The first kappa shape index (κ1) is 10.2. The van der Waals surface area contributed by atoms with Crippen LogP contribution in [0, 0.1) is 6.92 Å². The highest BCUT2D eigenvalue weighted by Gasteiger charge is 2.18. The van der Waals surface area contributed by atoms with E-state index in [4.69, 9.17) is 5.11 Å². The molecule has 2 heterocycles. The van der Waals surface area contributed by atoms with Crippen molar-refractivity contribution in [2.24, 2.45) is 0 Å². The summed E-state index contributed by atoms with van der Waals surface area (Å²) < 4.78 is 1.93. The molecule has 2 aromatic heterocycles. The van der Waals surface area contributed by atoms with Gasteiger partial charge in [0.2, 0.25) is 0 Å². The Morgan fingerprint density at radius 3 is 2.80 bits per heavy atom. The van der Waals surface area contributed by atoms with Gasteiger partial charge in [-0.2, -0.15) is 0 Å². The van der Waals surface area contributed by atoms with Crippen molar-refractivity contribution in [3.05, 3.63) is 22.5 Å². The van der Waals surface area contributed by atoms with Gasteiger partial charge in [-0.05, 0) is 12.8 Å². The molecule has 80 valence electrons. The van der Waals surface area contributed by atoms with Gasteiger partial charge >= 0.3 is 5.97 Å². The first-order chi connectivity index (χ1) is 7.02. The Morgan fingerprint density at radius 1 is 1.60 bits per heavy atom. The van der Waals surface area contributed by atoms with Crippen LogP contribution in [0.2, 0.25) is 0 Å². The molecule has 0 radical (unpaired) electrons. The third kappa shape index (κ3) is 1.43. The first-order valence-corrected chi connectivity index (χ1v) is 5.54. The minimum absolute atomic E-state index is 0.343. The van der Waals surface area contributed by atoms with Gasteiger partial charge in [0.15, 0.2) is 4.96 Å². The minimum atomic E-state index is -0.877. The minimum Gasteiger partial charge on any atom is -0.477 e. The van der Waals surface area contributed by atoms with Crippen LogP contribution in [0.5, 0.6) is 0 Å². The molecule has 0 saturated carbocycles. The van der Waals surface area contributed by atoms with Crippen molar-refractivity contribution in [3.63, 3.8) is 0 Å². The van der Waals surface area contributed by atoms with Gasteiger partial charge in [-0.1, -0.05) is 25.2 Å². The molecule has 0 atom stereocenters. The maximum absolute atomic E-state index is 10.9. The molecule has 0 aliphatic heterocycles. The van der Waals surface area contributed by atoms with E-state index in [9.17, 15) is 4.79 Å². The second kappa shape index (κ2) is 3.34. The normalized spacial score (nSPS) is 11.5. The largest absolute Gasteiger partial charge is 0.477 e. The average Bonchev–Trinajstić information content (AvgIpc) is 2.66. The highest BCUT2D eigenvalue weighted by molar-refractivity contribution is 7.19. The van der Waals surface area contributed by atoms with Crippen molar-refractivity contribution in [1.82, 2.24) is 9.38 Å². The zero-order valence-electron chi connectivity index (χ0n) is 8.81. The predicted molar refractivity (Wildman–Crippen MR) is 58.9 cm³/mol. The van der Waals surface area contributed by atoms with Crippen LogP contribution in [-0.2, 0) is 0 Å². The highest BCUT2D eigenvalue weighted by atomic mass is 32.1. The first-order valence-electron chi connectivity index (χ1n) is 4.72. The summed E-state index contributed by atoms with van der Waals surface area (Å²) in [4.78, 5) is 16.3. The molecule has 0 unspecified atom stereocenters. The SMILES string of the molecule is Cc1c(C(=O)O)sc2ncc(C(C)C)n12. The standard InChI is InChI=1S/C10H12N2O2S/c1-5(2)7-4-11-10-12(7)6(3)8(15-10)9(13)14/h4-5H,1-3H3,(H,13,14). The number of carbonyl (C=O) groups is 1. The Kier molecular flexibility index (Phi) is 2.26. The predicted octanol–water partition coefficient (Wildman–Crippen LogP) is 2.53. The van der Waals surface area contributed by atoms with Crippen LogP contribution in [0.25, 0.3) is 4.96 Å². The number of aromatic carboxylic acids is 1. The molecule has 0 aliphatic carbocycles. The van der Waals surface area contributed by atoms with E-state index in [1.165, 1.54) is 11.3 Å². The third-order valence-corrected chi connectivity index (χ3v) is 3.54. The maximum atomic E-state index is 10.9. The number of aromatic nitrogens is 2. The van der Waals surface area contributed by atoms with E-state index in [0.717, 1.165) is 16.3 Å². The number of thiazole rings is 1. The van der Waals surface area contributed by atoms with E-state index in [1.54, 1.807) is 0 Å². The molecule has 15 heavy (non-hydrogen) atoms. The molecule has 2 aromatic rings. The monoisotopic (exact) mass is 224 g/mol. The molecule has 0 bridgehead atoms. The summed E-state index contributed by atoms with van der Waals surface area (Å²) >= 11 is 1.22. The van der Waals surface area contributed by atoms with Crippen molar-refractivity contribution in [1.29, 1.82) is 0 Å². The van der Waals surface area contributed by atoms with Crippen LogP contribution in [0.3, 0.4) is 0 Å². The Hall–Kier alpha value is -1.36. The van der Waals surface area contributed by atoms with E-state index >= 15 is 0 Å². The van der Waals surface area contributed by atoms with Crippen LogP contribution < -0.4 is 0 Å². The summed E-state index contributed by atoms with van der Waals surface area (Å²) in [5.74, 6) is -0.535. The molecule has 0 amide bonds. The van der Waals surface area contributed by atoms with Crippen molar-refractivity contribution < 1.29 is 9.90 Å². The lowest BCUT2D eigenvalue weighted by atomic mass is 10.1. The van der Waals surface area contributed by atoms with Gasteiger partial charge in [-0.15, -0.1) is 0 Å². The fourth-order valence-electron chi connectivity index (χ4n) is 1.63. The Bertz CT molecular complexity index is 525. The number of aryl methyl sites for hydroxylation is 1. The summed E-state index contributed by atoms with van der Waals surface area (Å²) in [7, 11) is 0. The second-order valence-corrected chi connectivity index (χ2v) is 4.76. The summed E-state index contributed by atoms with van der Waals surface area (Å²) in [5.41, 5.74) is 1.83. The van der Waals surface area contributed by atoms with Crippen LogP contribution in [0.1, 0.15) is 40.8 Å². The molecule has 5 heteroatoms. The Labute approximate surface area is 91.2 Å². The highest BCUT2D eigenvalue weighted by Crippen LogP contribution is 2.26. The Morgan fingerprint density at radius 2 is 2.27 bits per heavy atom. The van der Waals surface area contributed by atoms with Crippen LogP contribution in [0.15, 0.2) is 6.20 Å². The van der Waals surface area contributed by atoms with E-state index in [0.29, 0.717) is 10.8 Å². The summed E-state index contributed by atoms with van der Waals surface area (Å²) in [5, 5.41) is 8.98. The molecular weight excluding hydrogens is 212 g/mol. The molecule has 1 N–H and O–H groups in total. The number of carboxylic acid groups (broad SMARTS) is 1. The molecule has 2 rings (SSSR count). The quantitative estimate of drug-likeness (QED) is 0.852. The van der Waals surface area contributed by atoms with Gasteiger partial charge < -0.3 is 5.11 Å². The Balaban J connectivity index is 2.74. The molecule has 0 fully saturated rings. The van der Waals surface area contributed by atoms with Crippen LogP contribution in [0.4, 0.5) is 0 Å². The number of hydrogen-bond donors (Lipinski definition) is 1. The number of fused-ring (bicyclic) bond motifs is 1. The van der Waals surface area contributed by atoms with Gasteiger partial charge in [0.1, 0.15) is 4.88 Å². The van der Waals surface area contributed by atoms with E-state index in [2.05, 4.69) is 18.8 Å². The molecule has 0 aromatic carbocycles. The fourth-order valence-corrected chi connectivity index (χ4v) is 2.58. The van der Waals surface area contributed by atoms with E-state index in [-0.39, 0.29) is 0 Å². The molecule has 0 saturated heterocycles. The summed E-state index contributed by atoms with van der Waals surface area (Å²) in [6.45, 7) is 5.96. The number of rotatable bonds is 2. The number of imidazole rings is 1.